The first-order valence-corrected chi connectivity index (χ1v) is 7.10. The number of nitrogens with zero attached hydrogens (tertiary/aromatic N) is 1. The van der Waals surface area contributed by atoms with Gasteiger partial charge in [-0.25, -0.2) is 0 Å². The molecule has 0 fully saturated rings. The average molecular weight is 297 g/mol. The molecule has 0 aliphatic heterocycles. The van der Waals surface area contributed by atoms with Crippen molar-refractivity contribution in [3.05, 3.63) is 29.8 Å². The number of para-hydroxylation sites is 1. The van der Waals surface area contributed by atoms with Gasteiger partial charge in [0.1, 0.15) is 5.75 Å². The maximum Gasteiger partial charge on any atom is 0.124 e. The van der Waals surface area contributed by atoms with Crippen LogP contribution in [0.4, 0.5) is 0 Å². The third-order valence-electron chi connectivity index (χ3n) is 2.94. The van der Waals surface area contributed by atoms with E-state index in [9.17, 15) is 10.2 Å². The lowest BCUT2D eigenvalue weighted by molar-refractivity contribution is -0.00601. The number of benzene rings is 1. The number of ether oxygens (including phenoxy) is 2. The van der Waals surface area contributed by atoms with E-state index in [1.807, 2.05) is 36.2 Å². The zero-order chi connectivity index (χ0) is 15.9. The SMILES string of the molecule is COc1ccccc1COCC(O)CN(C)CC(C)(C)O. The maximum atomic E-state index is 9.94. The number of hydrogen-bond donors (Lipinski definition) is 2. The fourth-order valence-electron chi connectivity index (χ4n) is 2.26. The van der Waals surface area contributed by atoms with E-state index in [-0.39, 0.29) is 6.61 Å². The third-order valence-corrected chi connectivity index (χ3v) is 2.94. The molecular formula is C16H27NO4. The molecule has 0 radical (unpaired) electrons. The van der Waals surface area contributed by atoms with Crippen molar-refractivity contribution in [2.45, 2.75) is 32.2 Å². The van der Waals surface area contributed by atoms with Gasteiger partial charge in [-0.05, 0) is 27.0 Å². The van der Waals surface area contributed by atoms with Gasteiger partial charge in [-0.3, -0.25) is 0 Å². The second-order valence-corrected chi connectivity index (χ2v) is 5.99. The van der Waals surface area contributed by atoms with Crippen LogP contribution in [0.1, 0.15) is 19.4 Å². The van der Waals surface area contributed by atoms with Crippen molar-refractivity contribution < 1.29 is 19.7 Å². The number of methoxy groups -OCH3 is 1. The average Bonchev–Trinajstić information content (AvgIpc) is 2.36. The number of aliphatic hydroxyl groups excluding tert-OH is 1. The van der Waals surface area contributed by atoms with Gasteiger partial charge in [0.05, 0.1) is 32.0 Å². The number of aliphatic hydroxyl groups is 2. The van der Waals surface area contributed by atoms with E-state index in [4.69, 9.17) is 9.47 Å². The second-order valence-electron chi connectivity index (χ2n) is 5.99. The predicted molar refractivity (Wildman–Crippen MR) is 82.5 cm³/mol. The largest absolute Gasteiger partial charge is 0.496 e. The lowest BCUT2D eigenvalue weighted by Crippen LogP contribution is -2.41. The van der Waals surface area contributed by atoms with Crippen molar-refractivity contribution in [3.8, 4) is 5.75 Å². The first-order valence-electron chi connectivity index (χ1n) is 7.10. The highest BCUT2D eigenvalue weighted by Crippen LogP contribution is 2.18. The Bertz CT molecular complexity index is 417. The Morgan fingerprint density at radius 3 is 2.57 bits per heavy atom. The van der Waals surface area contributed by atoms with Crippen LogP contribution in [0.2, 0.25) is 0 Å². The summed E-state index contributed by atoms with van der Waals surface area (Å²) in [6, 6.07) is 7.65. The minimum atomic E-state index is -0.771. The van der Waals surface area contributed by atoms with E-state index in [1.54, 1.807) is 21.0 Å². The Labute approximate surface area is 127 Å². The highest BCUT2D eigenvalue weighted by Gasteiger charge is 2.17. The first-order chi connectivity index (χ1) is 9.81. The topological polar surface area (TPSA) is 62.2 Å². The van der Waals surface area contributed by atoms with Crippen LogP contribution in [0, 0.1) is 0 Å². The summed E-state index contributed by atoms with van der Waals surface area (Å²) in [4.78, 5) is 1.89. The van der Waals surface area contributed by atoms with Crippen LogP contribution >= 0.6 is 0 Å². The molecule has 120 valence electrons. The first kappa shape index (κ1) is 17.9. The molecule has 0 saturated carbocycles. The molecule has 0 amide bonds. The normalized spacial score (nSPS) is 13.5. The zero-order valence-electron chi connectivity index (χ0n) is 13.4. The molecule has 1 unspecified atom stereocenters. The van der Waals surface area contributed by atoms with Crippen LogP contribution in [0.15, 0.2) is 24.3 Å². The molecule has 0 bridgehead atoms. The zero-order valence-corrected chi connectivity index (χ0v) is 13.4. The Kier molecular flexibility index (Phi) is 7.11. The van der Waals surface area contributed by atoms with E-state index in [1.165, 1.54) is 0 Å². The Morgan fingerprint density at radius 2 is 1.95 bits per heavy atom. The fourth-order valence-corrected chi connectivity index (χ4v) is 2.26. The van der Waals surface area contributed by atoms with Crippen LogP contribution in [0.25, 0.3) is 0 Å². The maximum absolute atomic E-state index is 9.94. The number of hydrogen-bond acceptors (Lipinski definition) is 5. The summed E-state index contributed by atoms with van der Waals surface area (Å²) in [5.41, 5.74) is 0.184. The fraction of sp³-hybridized carbons (Fsp3) is 0.625. The predicted octanol–water partition coefficient (Wildman–Crippen LogP) is 1.28. The van der Waals surface area contributed by atoms with E-state index in [0.29, 0.717) is 19.7 Å². The van der Waals surface area contributed by atoms with Gasteiger partial charge in [0.25, 0.3) is 0 Å². The van der Waals surface area contributed by atoms with Crippen molar-refractivity contribution in [2.24, 2.45) is 0 Å². The van der Waals surface area contributed by atoms with Gasteiger partial charge in [-0.15, -0.1) is 0 Å². The van der Waals surface area contributed by atoms with Gasteiger partial charge in [0, 0.05) is 18.7 Å². The van der Waals surface area contributed by atoms with Crippen LogP contribution in [-0.4, -0.2) is 60.7 Å². The lowest BCUT2D eigenvalue weighted by Gasteiger charge is -2.27. The Hall–Kier alpha value is -1.14. The van der Waals surface area contributed by atoms with E-state index < -0.39 is 11.7 Å². The van der Waals surface area contributed by atoms with Crippen molar-refractivity contribution in [3.63, 3.8) is 0 Å². The standard InChI is InChI=1S/C16H27NO4/c1-16(2,19)12-17(3)9-14(18)11-21-10-13-7-5-6-8-15(13)20-4/h5-8,14,18-19H,9-12H2,1-4H3. The number of rotatable bonds is 9. The van der Waals surface area contributed by atoms with E-state index in [0.717, 1.165) is 11.3 Å². The molecular weight excluding hydrogens is 270 g/mol. The van der Waals surface area contributed by atoms with Crippen LogP contribution in [-0.2, 0) is 11.3 Å². The molecule has 0 saturated heterocycles. The van der Waals surface area contributed by atoms with Crippen LogP contribution in [0.5, 0.6) is 5.75 Å². The molecule has 1 atom stereocenters. The molecule has 0 aliphatic rings. The van der Waals surface area contributed by atoms with Gasteiger partial charge >= 0.3 is 0 Å². The van der Waals surface area contributed by atoms with Gasteiger partial charge in [-0.1, -0.05) is 18.2 Å². The molecule has 0 spiro atoms. The summed E-state index contributed by atoms with van der Waals surface area (Å²) in [5.74, 6) is 0.783. The summed E-state index contributed by atoms with van der Waals surface area (Å²) in [6.07, 6.45) is -0.591. The van der Waals surface area contributed by atoms with Gasteiger partial charge in [-0.2, -0.15) is 0 Å². The van der Waals surface area contributed by atoms with Crippen molar-refractivity contribution in [2.75, 3.05) is 33.9 Å². The smallest absolute Gasteiger partial charge is 0.124 e. The second kappa shape index (κ2) is 8.34. The third kappa shape index (κ3) is 7.43. The molecule has 1 rings (SSSR count). The van der Waals surface area contributed by atoms with Gasteiger partial charge in [0.15, 0.2) is 0 Å². The highest BCUT2D eigenvalue weighted by atomic mass is 16.5. The molecule has 0 aliphatic carbocycles. The monoisotopic (exact) mass is 297 g/mol. The van der Waals surface area contributed by atoms with Crippen LogP contribution < -0.4 is 4.74 Å². The van der Waals surface area contributed by atoms with E-state index >= 15 is 0 Å². The summed E-state index contributed by atoms with van der Waals surface area (Å²) in [7, 11) is 3.49. The molecule has 1 aromatic carbocycles. The number of likely N-dealkylation sites (N-methyl/N-ethyl adjacent to an activating group) is 1. The minimum absolute atomic E-state index is 0.244. The quantitative estimate of drug-likeness (QED) is 0.719. The molecule has 1 aromatic rings. The molecule has 0 heterocycles. The van der Waals surface area contributed by atoms with E-state index in [2.05, 4.69) is 0 Å². The van der Waals surface area contributed by atoms with Crippen molar-refractivity contribution in [1.82, 2.24) is 4.90 Å². The van der Waals surface area contributed by atoms with Gasteiger partial charge in [0.2, 0.25) is 0 Å². The Balaban J connectivity index is 2.32. The highest BCUT2D eigenvalue weighted by molar-refractivity contribution is 5.32. The van der Waals surface area contributed by atoms with Crippen molar-refractivity contribution >= 4 is 0 Å². The molecule has 0 aromatic heterocycles. The lowest BCUT2D eigenvalue weighted by atomic mass is 10.1. The molecule has 5 heteroatoms. The molecule has 2 N–H and O–H groups in total. The van der Waals surface area contributed by atoms with Crippen molar-refractivity contribution in [1.29, 1.82) is 0 Å². The minimum Gasteiger partial charge on any atom is -0.496 e. The van der Waals surface area contributed by atoms with Crippen LogP contribution in [0.3, 0.4) is 0 Å². The summed E-state index contributed by atoms with van der Waals surface area (Å²) >= 11 is 0. The summed E-state index contributed by atoms with van der Waals surface area (Å²) in [6.45, 7) is 5.08. The molecule has 5 nitrogen and oxygen atoms in total. The summed E-state index contributed by atoms with van der Waals surface area (Å²) < 4.78 is 10.8. The Morgan fingerprint density at radius 1 is 1.29 bits per heavy atom. The molecule has 21 heavy (non-hydrogen) atoms. The van der Waals surface area contributed by atoms with Gasteiger partial charge < -0.3 is 24.6 Å². The summed E-state index contributed by atoms with van der Waals surface area (Å²) in [5, 5.41) is 19.7.